The maximum Gasteiger partial charge on any atom is 0.321 e. The molecule has 0 aliphatic heterocycles. The molecule has 0 unspecified atom stereocenters. The van der Waals surface area contributed by atoms with Crippen LogP contribution in [0, 0.1) is 5.92 Å². The molecule has 4 heteroatoms. The second-order valence-corrected chi connectivity index (χ2v) is 3.37. The largest absolute Gasteiger partial charge is 0.338 e. The zero-order valence-corrected chi connectivity index (χ0v) is 7.93. The first-order chi connectivity index (χ1) is 6.24. The number of amides is 3. The van der Waals surface area contributed by atoms with E-state index in [0.29, 0.717) is 6.54 Å². The average molecular weight is 184 g/mol. The monoisotopic (exact) mass is 184 g/mol. The molecule has 0 spiro atoms. The molecule has 13 heavy (non-hydrogen) atoms. The lowest BCUT2D eigenvalue weighted by Crippen LogP contribution is -2.44. The van der Waals surface area contributed by atoms with E-state index in [-0.39, 0.29) is 17.9 Å². The summed E-state index contributed by atoms with van der Waals surface area (Å²) in [5, 5.41) is 4.92. The van der Waals surface area contributed by atoms with Crippen molar-refractivity contribution in [1.29, 1.82) is 0 Å². The molecule has 1 aliphatic carbocycles. The van der Waals surface area contributed by atoms with E-state index in [9.17, 15) is 9.59 Å². The van der Waals surface area contributed by atoms with Crippen LogP contribution >= 0.6 is 0 Å². The number of urea groups is 1. The van der Waals surface area contributed by atoms with E-state index in [1.807, 2.05) is 6.92 Å². The Morgan fingerprint density at radius 1 is 1.38 bits per heavy atom. The van der Waals surface area contributed by atoms with Gasteiger partial charge in [0.05, 0.1) is 0 Å². The fourth-order valence-electron chi connectivity index (χ4n) is 1.17. The van der Waals surface area contributed by atoms with Gasteiger partial charge in [-0.2, -0.15) is 0 Å². The van der Waals surface area contributed by atoms with Crippen LogP contribution in [0.3, 0.4) is 0 Å². The van der Waals surface area contributed by atoms with Gasteiger partial charge in [-0.3, -0.25) is 10.1 Å². The zero-order chi connectivity index (χ0) is 9.68. The third kappa shape index (κ3) is 3.05. The number of carbonyl (C=O) groups excluding carboxylic acids is 2. The van der Waals surface area contributed by atoms with Gasteiger partial charge < -0.3 is 5.32 Å². The maximum atomic E-state index is 11.2. The minimum atomic E-state index is -0.362. The topological polar surface area (TPSA) is 58.2 Å². The van der Waals surface area contributed by atoms with Crippen molar-refractivity contribution >= 4 is 11.9 Å². The Morgan fingerprint density at radius 2 is 2.08 bits per heavy atom. The van der Waals surface area contributed by atoms with Crippen molar-refractivity contribution in [2.45, 2.75) is 32.6 Å². The van der Waals surface area contributed by atoms with Crippen LogP contribution in [-0.4, -0.2) is 18.5 Å². The van der Waals surface area contributed by atoms with Crippen LogP contribution in [-0.2, 0) is 4.79 Å². The predicted molar refractivity (Wildman–Crippen MR) is 49.2 cm³/mol. The Kier molecular flexibility index (Phi) is 3.73. The Labute approximate surface area is 78.1 Å². The Morgan fingerprint density at radius 3 is 2.54 bits per heavy atom. The van der Waals surface area contributed by atoms with Gasteiger partial charge in [-0.05, 0) is 19.3 Å². The number of nitrogens with one attached hydrogen (secondary N) is 2. The second-order valence-electron chi connectivity index (χ2n) is 3.37. The lowest BCUT2D eigenvalue weighted by atomic mass is 9.85. The Balaban J connectivity index is 2.15. The number of rotatable bonds is 3. The van der Waals surface area contributed by atoms with Crippen LogP contribution in [0.15, 0.2) is 0 Å². The normalized spacial score (nSPS) is 16.1. The molecule has 0 bridgehead atoms. The first kappa shape index (κ1) is 10.0. The van der Waals surface area contributed by atoms with Crippen LogP contribution in [0.4, 0.5) is 4.79 Å². The highest BCUT2D eigenvalue weighted by Crippen LogP contribution is 2.25. The molecule has 1 saturated carbocycles. The van der Waals surface area contributed by atoms with Gasteiger partial charge in [0.25, 0.3) is 0 Å². The van der Waals surface area contributed by atoms with Crippen molar-refractivity contribution in [1.82, 2.24) is 10.6 Å². The first-order valence-electron chi connectivity index (χ1n) is 4.82. The molecule has 1 aliphatic rings. The third-order valence-electron chi connectivity index (χ3n) is 2.25. The minimum absolute atomic E-state index is 0.0763. The summed E-state index contributed by atoms with van der Waals surface area (Å²) < 4.78 is 0. The molecular formula is C9H16N2O2. The summed E-state index contributed by atoms with van der Waals surface area (Å²) in [5.41, 5.74) is 0. The fraction of sp³-hybridized carbons (Fsp3) is 0.778. The maximum absolute atomic E-state index is 11.2. The molecule has 3 amide bonds. The van der Waals surface area contributed by atoms with Gasteiger partial charge in [0.15, 0.2) is 0 Å². The number of carbonyl (C=O) groups is 2. The average Bonchev–Trinajstić information content (AvgIpc) is 1.97. The van der Waals surface area contributed by atoms with Gasteiger partial charge in [0.2, 0.25) is 5.91 Å². The molecule has 1 fully saturated rings. The van der Waals surface area contributed by atoms with Gasteiger partial charge in [0, 0.05) is 12.5 Å². The molecule has 0 heterocycles. The standard InChI is InChI=1S/C9H16N2O2/c1-2-6-10-9(13)11-8(12)7-4-3-5-7/h7H,2-6H2,1H3,(H2,10,11,12,13). The molecule has 74 valence electrons. The predicted octanol–water partition coefficient (Wildman–Crippen LogP) is 1.02. The van der Waals surface area contributed by atoms with Crippen molar-refractivity contribution in [2.24, 2.45) is 5.92 Å². The van der Waals surface area contributed by atoms with Crippen LogP contribution in [0.25, 0.3) is 0 Å². The van der Waals surface area contributed by atoms with E-state index in [0.717, 1.165) is 25.7 Å². The van der Waals surface area contributed by atoms with Gasteiger partial charge in [-0.25, -0.2) is 4.79 Å². The molecule has 2 N–H and O–H groups in total. The van der Waals surface area contributed by atoms with Gasteiger partial charge in [-0.1, -0.05) is 13.3 Å². The number of imide groups is 1. The summed E-state index contributed by atoms with van der Waals surface area (Å²) in [4.78, 5) is 22.2. The highest BCUT2D eigenvalue weighted by molar-refractivity contribution is 5.95. The van der Waals surface area contributed by atoms with E-state index in [1.165, 1.54) is 0 Å². The Bertz CT molecular complexity index is 200. The molecule has 0 saturated heterocycles. The van der Waals surface area contributed by atoms with E-state index in [2.05, 4.69) is 10.6 Å². The lowest BCUT2D eigenvalue weighted by molar-refractivity contribution is -0.126. The molecular weight excluding hydrogens is 168 g/mol. The molecule has 4 nitrogen and oxygen atoms in total. The number of hydrogen-bond acceptors (Lipinski definition) is 2. The van der Waals surface area contributed by atoms with E-state index in [1.54, 1.807) is 0 Å². The van der Waals surface area contributed by atoms with Crippen LogP contribution in [0.2, 0.25) is 0 Å². The quantitative estimate of drug-likeness (QED) is 0.688. The highest BCUT2D eigenvalue weighted by Gasteiger charge is 2.26. The van der Waals surface area contributed by atoms with Crippen molar-refractivity contribution in [3.05, 3.63) is 0 Å². The Hall–Kier alpha value is -1.06. The van der Waals surface area contributed by atoms with E-state index in [4.69, 9.17) is 0 Å². The molecule has 0 radical (unpaired) electrons. The summed E-state index contributed by atoms with van der Waals surface area (Å²) in [6, 6.07) is -0.362. The molecule has 1 rings (SSSR count). The van der Waals surface area contributed by atoms with E-state index >= 15 is 0 Å². The number of hydrogen-bond donors (Lipinski definition) is 2. The van der Waals surface area contributed by atoms with Gasteiger partial charge >= 0.3 is 6.03 Å². The second kappa shape index (κ2) is 4.84. The van der Waals surface area contributed by atoms with Crippen LogP contribution < -0.4 is 10.6 Å². The summed E-state index contributed by atoms with van der Waals surface area (Å²) in [5.74, 6) is -0.0489. The molecule has 0 aromatic carbocycles. The summed E-state index contributed by atoms with van der Waals surface area (Å²) in [7, 11) is 0. The third-order valence-corrected chi connectivity index (χ3v) is 2.25. The molecule has 0 aromatic rings. The fourth-order valence-corrected chi connectivity index (χ4v) is 1.17. The molecule has 0 aromatic heterocycles. The van der Waals surface area contributed by atoms with Crippen molar-refractivity contribution in [3.8, 4) is 0 Å². The van der Waals surface area contributed by atoms with Gasteiger partial charge in [-0.15, -0.1) is 0 Å². The van der Waals surface area contributed by atoms with Crippen molar-refractivity contribution in [3.63, 3.8) is 0 Å². The summed E-state index contributed by atoms with van der Waals surface area (Å²) >= 11 is 0. The lowest BCUT2D eigenvalue weighted by Gasteiger charge is -2.23. The van der Waals surface area contributed by atoms with Crippen LogP contribution in [0.1, 0.15) is 32.6 Å². The summed E-state index contributed by atoms with van der Waals surface area (Å²) in [6.45, 7) is 2.58. The van der Waals surface area contributed by atoms with Gasteiger partial charge in [0.1, 0.15) is 0 Å². The smallest absolute Gasteiger partial charge is 0.321 e. The first-order valence-corrected chi connectivity index (χ1v) is 4.82. The van der Waals surface area contributed by atoms with Crippen LogP contribution in [0.5, 0.6) is 0 Å². The van der Waals surface area contributed by atoms with Crippen molar-refractivity contribution < 1.29 is 9.59 Å². The highest BCUT2D eigenvalue weighted by atomic mass is 16.2. The summed E-state index contributed by atoms with van der Waals surface area (Å²) in [6.07, 6.45) is 3.83. The zero-order valence-electron chi connectivity index (χ0n) is 7.93. The van der Waals surface area contributed by atoms with Crippen molar-refractivity contribution in [2.75, 3.05) is 6.54 Å². The minimum Gasteiger partial charge on any atom is -0.338 e. The van der Waals surface area contributed by atoms with E-state index < -0.39 is 0 Å². The molecule has 0 atom stereocenters. The SMILES string of the molecule is CCCNC(=O)NC(=O)C1CCC1.